The molecule has 0 saturated heterocycles. The molecule has 0 saturated carbocycles. The van der Waals surface area contributed by atoms with Crippen LogP contribution in [0.4, 0.5) is 0 Å². The zero-order valence-electron chi connectivity index (χ0n) is 18.2. The van der Waals surface area contributed by atoms with Crippen molar-refractivity contribution in [2.75, 3.05) is 21.3 Å². The predicted molar refractivity (Wildman–Crippen MR) is 114 cm³/mol. The lowest BCUT2D eigenvalue weighted by molar-refractivity contribution is 0.0768. The Balaban J connectivity index is 1.80. The molecule has 0 radical (unpaired) electrons. The molecule has 1 amide bonds. The first kappa shape index (κ1) is 21.4. The monoisotopic (exact) mass is 409 g/mol. The van der Waals surface area contributed by atoms with Gasteiger partial charge in [-0.2, -0.15) is 4.98 Å². The van der Waals surface area contributed by atoms with Crippen molar-refractivity contribution in [2.24, 2.45) is 0 Å². The highest BCUT2D eigenvalue weighted by Gasteiger charge is 2.21. The Hall–Kier alpha value is -3.35. The number of aromatic nitrogens is 2. The van der Waals surface area contributed by atoms with Crippen LogP contribution in [0.5, 0.6) is 11.5 Å². The second kappa shape index (κ2) is 8.98. The Morgan fingerprint density at radius 3 is 2.60 bits per heavy atom. The van der Waals surface area contributed by atoms with Gasteiger partial charge < -0.3 is 18.9 Å². The van der Waals surface area contributed by atoms with Crippen LogP contribution in [0.2, 0.25) is 0 Å². The number of hydrogen-bond donors (Lipinski definition) is 0. The standard InChI is InChI=1S/C23H27N3O4/c1-14(2)18-12-19(15(3)10-20(18)29-6)23(27)26(4)13-21-24-22(25-30-21)16-8-7-9-17(11-16)28-5/h7-12,14H,13H2,1-6H3. The zero-order chi connectivity index (χ0) is 21.8. The van der Waals surface area contributed by atoms with Crippen LogP contribution >= 0.6 is 0 Å². The maximum Gasteiger partial charge on any atom is 0.254 e. The Morgan fingerprint density at radius 1 is 1.17 bits per heavy atom. The molecule has 2 aromatic carbocycles. The van der Waals surface area contributed by atoms with Crippen LogP contribution < -0.4 is 9.47 Å². The molecule has 0 aliphatic carbocycles. The van der Waals surface area contributed by atoms with Gasteiger partial charge in [0.15, 0.2) is 0 Å². The van der Waals surface area contributed by atoms with E-state index >= 15 is 0 Å². The number of amides is 1. The van der Waals surface area contributed by atoms with E-state index in [-0.39, 0.29) is 18.4 Å². The minimum Gasteiger partial charge on any atom is -0.497 e. The van der Waals surface area contributed by atoms with E-state index in [0.717, 1.165) is 22.4 Å². The average molecular weight is 409 g/mol. The molecule has 0 fully saturated rings. The quantitative estimate of drug-likeness (QED) is 0.573. The highest BCUT2D eigenvalue weighted by atomic mass is 16.5. The van der Waals surface area contributed by atoms with Crippen LogP contribution in [0.1, 0.15) is 47.1 Å². The van der Waals surface area contributed by atoms with Crippen LogP contribution in [0.3, 0.4) is 0 Å². The SMILES string of the molecule is COc1cccc(-c2noc(CN(C)C(=O)c3cc(C(C)C)c(OC)cc3C)n2)c1. The van der Waals surface area contributed by atoms with E-state index in [4.69, 9.17) is 14.0 Å². The molecule has 0 N–H and O–H groups in total. The highest BCUT2D eigenvalue weighted by Crippen LogP contribution is 2.30. The average Bonchev–Trinajstić information content (AvgIpc) is 3.21. The molecule has 0 aliphatic rings. The van der Waals surface area contributed by atoms with Gasteiger partial charge in [-0.1, -0.05) is 31.1 Å². The van der Waals surface area contributed by atoms with Crippen LogP contribution in [-0.2, 0) is 6.54 Å². The molecule has 0 atom stereocenters. The summed E-state index contributed by atoms with van der Waals surface area (Å²) >= 11 is 0. The fourth-order valence-electron chi connectivity index (χ4n) is 3.24. The summed E-state index contributed by atoms with van der Waals surface area (Å²) in [5.41, 5.74) is 3.27. The number of carbonyl (C=O) groups excluding carboxylic acids is 1. The third-order valence-electron chi connectivity index (χ3n) is 4.94. The van der Waals surface area contributed by atoms with Crippen molar-refractivity contribution in [1.29, 1.82) is 0 Å². The van der Waals surface area contributed by atoms with Crippen LogP contribution in [0.25, 0.3) is 11.4 Å². The van der Waals surface area contributed by atoms with Gasteiger partial charge in [0, 0.05) is 18.2 Å². The Kier molecular flexibility index (Phi) is 6.40. The summed E-state index contributed by atoms with van der Waals surface area (Å²) in [7, 11) is 4.97. The first-order chi connectivity index (χ1) is 14.3. The zero-order valence-corrected chi connectivity index (χ0v) is 18.2. The minimum atomic E-state index is -0.113. The number of aryl methyl sites for hydroxylation is 1. The Labute approximate surface area is 176 Å². The van der Waals surface area contributed by atoms with Gasteiger partial charge in [0.05, 0.1) is 20.8 Å². The van der Waals surface area contributed by atoms with E-state index in [0.29, 0.717) is 23.0 Å². The second-order valence-electron chi connectivity index (χ2n) is 7.47. The number of carbonyl (C=O) groups is 1. The van der Waals surface area contributed by atoms with Gasteiger partial charge >= 0.3 is 0 Å². The number of methoxy groups -OCH3 is 2. The smallest absolute Gasteiger partial charge is 0.254 e. The topological polar surface area (TPSA) is 77.7 Å². The molecule has 0 aliphatic heterocycles. The molecular weight excluding hydrogens is 382 g/mol. The molecule has 0 spiro atoms. The van der Waals surface area contributed by atoms with Crippen LogP contribution in [0, 0.1) is 6.92 Å². The van der Waals surface area contributed by atoms with Crippen molar-refractivity contribution >= 4 is 5.91 Å². The summed E-state index contributed by atoms with van der Waals surface area (Å²) < 4.78 is 16.1. The van der Waals surface area contributed by atoms with E-state index in [1.807, 2.05) is 43.3 Å². The van der Waals surface area contributed by atoms with Gasteiger partial charge in [0.1, 0.15) is 11.5 Å². The number of hydrogen-bond acceptors (Lipinski definition) is 6. The van der Waals surface area contributed by atoms with E-state index in [1.165, 1.54) is 0 Å². The van der Waals surface area contributed by atoms with Gasteiger partial charge in [-0.15, -0.1) is 0 Å². The predicted octanol–water partition coefficient (Wildman–Crippen LogP) is 4.46. The van der Waals surface area contributed by atoms with Gasteiger partial charge in [-0.3, -0.25) is 4.79 Å². The number of nitrogens with zero attached hydrogens (tertiary/aromatic N) is 3. The molecule has 30 heavy (non-hydrogen) atoms. The lowest BCUT2D eigenvalue weighted by Crippen LogP contribution is -2.27. The Bertz CT molecular complexity index is 1040. The van der Waals surface area contributed by atoms with Gasteiger partial charge in [0.25, 0.3) is 5.91 Å². The fraction of sp³-hybridized carbons (Fsp3) is 0.348. The first-order valence-electron chi connectivity index (χ1n) is 9.75. The van der Waals surface area contributed by atoms with Crippen LogP contribution in [0.15, 0.2) is 40.9 Å². The maximum absolute atomic E-state index is 13.1. The summed E-state index contributed by atoms with van der Waals surface area (Å²) in [5, 5.41) is 4.03. The van der Waals surface area contributed by atoms with Gasteiger partial charge in [-0.25, -0.2) is 0 Å². The van der Waals surface area contributed by atoms with Crippen molar-refractivity contribution < 1.29 is 18.8 Å². The molecule has 3 rings (SSSR count). The molecule has 1 aromatic heterocycles. The largest absolute Gasteiger partial charge is 0.497 e. The van der Waals surface area contributed by atoms with Crippen molar-refractivity contribution in [3.05, 3.63) is 59.0 Å². The summed E-state index contributed by atoms with van der Waals surface area (Å²) in [6.07, 6.45) is 0. The maximum atomic E-state index is 13.1. The molecule has 7 heteroatoms. The molecule has 0 bridgehead atoms. The lowest BCUT2D eigenvalue weighted by atomic mass is 9.96. The van der Waals surface area contributed by atoms with Crippen molar-refractivity contribution in [2.45, 2.75) is 33.2 Å². The van der Waals surface area contributed by atoms with Crippen molar-refractivity contribution in [3.8, 4) is 22.9 Å². The molecule has 1 heterocycles. The van der Waals surface area contributed by atoms with E-state index in [1.54, 1.807) is 26.2 Å². The van der Waals surface area contributed by atoms with E-state index < -0.39 is 0 Å². The third-order valence-corrected chi connectivity index (χ3v) is 4.94. The number of benzene rings is 2. The lowest BCUT2D eigenvalue weighted by Gasteiger charge is -2.19. The normalized spacial score (nSPS) is 10.9. The van der Waals surface area contributed by atoms with Crippen molar-refractivity contribution in [3.63, 3.8) is 0 Å². The fourth-order valence-corrected chi connectivity index (χ4v) is 3.24. The van der Waals surface area contributed by atoms with Crippen LogP contribution in [-0.4, -0.2) is 42.2 Å². The number of rotatable bonds is 7. The van der Waals surface area contributed by atoms with Gasteiger partial charge in [0.2, 0.25) is 11.7 Å². The highest BCUT2D eigenvalue weighted by molar-refractivity contribution is 5.96. The van der Waals surface area contributed by atoms with E-state index in [9.17, 15) is 4.79 Å². The molecule has 3 aromatic rings. The first-order valence-corrected chi connectivity index (χ1v) is 9.75. The second-order valence-corrected chi connectivity index (χ2v) is 7.47. The summed E-state index contributed by atoms with van der Waals surface area (Å²) in [6.45, 7) is 6.26. The Morgan fingerprint density at radius 2 is 1.93 bits per heavy atom. The summed E-state index contributed by atoms with van der Waals surface area (Å²) in [5.74, 6) is 2.44. The minimum absolute atomic E-state index is 0.113. The summed E-state index contributed by atoms with van der Waals surface area (Å²) in [4.78, 5) is 19.1. The van der Waals surface area contributed by atoms with Gasteiger partial charge in [-0.05, 0) is 48.2 Å². The summed E-state index contributed by atoms with van der Waals surface area (Å²) in [6, 6.07) is 11.2. The molecule has 7 nitrogen and oxygen atoms in total. The molecule has 0 unspecified atom stereocenters. The molecule has 158 valence electrons. The van der Waals surface area contributed by atoms with E-state index in [2.05, 4.69) is 24.0 Å². The number of ether oxygens (including phenoxy) is 2. The molecular formula is C23H27N3O4. The third kappa shape index (κ3) is 4.45. The van der Waals surface area contributed by atoms with Crippen molar-refractivity contribution in [1.82, 2.24) is 15.0 Å².